The van der Waals surface area contributed by atoms with Gasteiger partial charge in [-0.25, -0.2) is 0 Å². The molecule has 1 aromatic heterocycles. The van der Waals surface area contributed by atoms with Crippen LogP contribution >= 0.6 is 0 Å². The summed E-state index contributed by atoms with van der Waals surface area (Å²) in [4.78, 5) is 28.2. The zero-order valence-corrected chi connectivity index (χ0v) is 13.8. The van der Waals surface area contributed by atoms with E-state index in [0.717, 1.165) is 24.1 Å². The predicted molar refractivity (Wildman–Crippen MR) is 93.6 cm³/mol. The molecule has 0 spiro atoms. The van der Waals surface area contributed by atoms with Crippen LogP contribution in [0, 0.1) is 12.8 Å². The Morgan fingerprint density at radius 2 is 2.08 bits per heavy atom. The lowest BCUT2D eigenvalue weighted by Crippen LogP contribution is -2.34. The van der Waals surface area contributed by atoms with Gasteiger partial charge in [0.2, 0.25) is 0 Å². The van der Waals surface area contributed by atoms with Crippen LogP contribution in [-0.4, -0.2) is 34.3 Å². The van der Waals surface area contributed by atoms with Crippen molar-refractivity contribution < 1.29 is 19.6 Å². The van der Waals surface area contributed by atoms with E-state index >= 15 is 0 Å². The predicted octanol–water partition coefficient (Wildman–Crippen LogP) is 0.763. The third kappa shape index (κ3) is 3.95. The first-order valence-electron chi connectivity index (χ1n) is 8.18. The van der Waals surface area contributed by atoms with E-state index in [2.05, 4.69) is 10.3 Å². The van der Waals surface area contributed by atoms with E-state index in [0.29, 0.717) is 17.8 Å². The molecule has 1 fully saturated rings. The van der Waals surface area contributed by atoms with Crippen molar-refractivity contribution in [3.8, 4) is 0 Å². The Morgan fingerprint density at radius 1 is 1.32 bits per heavy atom. The molecule has 2 aromatic rings. The van der Waals surface area contributed by atoms with Gasteiger partial charge in [-0.1, -0.05) is 12.1 Å². The zero-order valence-electron chi connectivity index (χ0n) is 13.8. The second-order valence-corrected chi connectivity index (χ2v) is 6.38. The number of nitrogens with one attached hydrogen (secondary N) is 1. The van der Waals surface area contributed by atoms with Gasteiger partial charge in [0.1, 0.15) is 6.29 Å². The first kappa shape index (κ1) is 17.3. The van der Waals surface area contributed by atoms with Crippen LogP contribution in [0.25, 0.3) is 0 Å². The fourth-order valence-electron chi connectivity index (χ4n) is 2.80. The molecule has 3 rings (SSSR count). The van der Waals surface area contributed by atoms with Crippen LogP contribution in [0.4, 0.5) is 0 Å². The van der Waals surface area contributed by atoms with E-state index in [1.165, 1.54) is 18.2 Å². The highest BCUT2D eigenvalue weighted by Gasteiger charge is 2.34. The van der Waals surface area contributed by atoms with Crippen LogP contribution in [0.2, 0.25) is 0 Å². The molecule has 6 nitrogen and oxygen atoms in total. The molecule has 1 atom stereocenters. The molecule has 128 valence electrons. The number of pyridine rings is 1. The van der Waals surface area contributed by atoms with Gasteiger partial charge < -0.3 is 15.4 Å². The summed E-state index contributed by atoms with van der Waals surface area (Å²) >= 11 is 0. The number of hydrogen-bond donors (Lipinski definition) is 3. The van der Waals surface area contributed by atoms with Crippen LogP contribution in [0.15, 0.2) is 36.5 Å². The lowest BCUT2D eigenvalue weighted by molar-refractivity contribution is 0.0930. The molecule has 1 heterocycles. The normalized spacial score (nSPS) is 14.7. The highest BCUT2D eigenvalue weighted by Crippen LogP contribution is 2.40. The Hall–Kier alpha value is -2.51. The number of aromatic nitrogens is 1. The molecule has 0 saturated heterocycles. The summed E-state index contributed by atoms with van der Waals surface area (Å²) in [6, 6.07) is 7.93. The van der Waals surface area contributed by atoms with Crippen LogP contribution < -0.4 is 10.8 Å². The molecule has 0 aliphatic heterocycles. The molecule has 1 amide bonds. The van der Waals surface area contributed by atoms with Crippen molar-refractivity contribution in [2.24, 2.45) is 5.92 Å². The van der Waals surface area contributed by atoms with Crippen LogP contribution in [-0.2, 0) is 0 Å². The van der Waals surface area contributed by atoms with E-state index in [1.807, 2.05) is 19.1 Å². The third-order valence-electron chi connectivity index (χ3n) is 4.39. The Balaban J connectivity index is 1.82. The van der Waals surface area contributed by atoms with Gasteiger partial charge in [-0.15, -0.1) is 0 Å². The molecule has 1 aromatic carbocycles. The van der Waals surface area contributed by atoms with Crippen molar-refractivity contribution >= 4 is 24.8 Å². The molecule has 1 saturated carbocycles. The average Bonchev–Trinajstić information content (AvgIpc) is 3.44. The second-order valence-electron chi connectivity index (χ2n) is 6.38. The van der Waals surface area contributed by atoms with Gasteiger partial charge in [0.15, 0.2) is 0 Å². The minimum Gasteiger partial charge on any atom is -0.423 e. The van der Waals surface area contributed by atoms with Gasteiger partial charge in [0.05, 0.1) is 11.7 Å². The first-order chi connectivity index (χ1) is 12.0. The summed E-state index contributed by atoms with van der Waals surface area (Å²) in [5, 5.41) is 21.5. The lowest BCUT2D eigenvalue weighted by atomic mass is 9.77. The summed E-state index contributed by atoms with van der Waals surface area (Å²) in [5.41, 5.74) is 2.33. The topological polar surface area (TPSA) is 99.5 Å². The molecular formula is C18H19BN2O4. The minimum absolute atomic E-state index is 0.0745. The largest absolute Gasteiger partial charge is 0.489 e. The quantitative estimate of drug-likeness (QED) is 0.534. The number of nitrogens with zero attached hydrogens (tertiary/aromatic N) is 1. The van der Waals surface area contributed by atoms with Crippen molar-refractivity contribution in [2.75, 3.05) is 0 Å². The Labute approximate surface area is 146 Å². The Bertz CT molecular complexity index is 788. The highest BCUT2D eigenvalue weighted by molar-refractivity contribution is 6.60. The van der Waals surface area contributed by atoms with E-state index < -0.39 is 7.12 Å². The van der Waals surface area contributed by atoms with Crippen molar-refractivity contribution in [3.05, 3.63) is 58.9 Å². The maximum Gasteiger partial charge on any atom is 0.489 e. The van der Waals surface area contributed by atoms with Crippen LogP contribution in [0.1, 0.15) is 50.9 Å². The van der Waals surface area contributed by atoms with Gasteiger partial charge in [-0.05, 0) is 54.9 Å². The number of carbonyl (C=O) groups excluding carboxylic acids is 2. The SMILES string of the molecule is Cc1ccc(C(NC(=O)c2ccc(B(O)O)c(C=O)c2)C2CC2)nc1. The number of hydrogen-bond acceptors (Lipinski definition) is 5. The number of aryl methyl sites for hydroxylation is 1. The fourth-order valence-corrected chi connectivity index (χ4v) is 2.80. The number of benzene rings is 1. The summed E-state index contributed by atoms with van der Waals surface area (Å²) in [5.74, 6) is 0.0459. The Kier molecular flexibility index (Phi) is 4.97. The molecule has 0 bridgehead atoms. The maximum atomic E-state index is 12.6. The van der Waals surface area contributed by atoms with E-state index in [4.69, 9.17) is 0 Å². The summed E-state index contributed by atoms with van der Waals surface area (Å²) < 4.78 is 0. The molecule has 1 aliphatic rings. The molecular weight excluding hydrogens is 319 g/mol. The molecule has 1 unspecified atom stereocenters. The number of aldehydes is 1. The average molecular weight is 338 g/mol. The van der Waals surface area contributed by atoms with Crippen molar-refractivity contribution in [3.63, 3.8) is 0 Å². The Morgan fingerprint density at radius 3 is 2.64 bits per heavy atom. The molecule has 7 heteroatoms. The molecule has 25 heavy (non-hydrogen) atoms. The number of rotatable bonds is 6. The first-order valence-corrected chi connectivity index (χ1v) is 8.18. The van der Waals surface area contributed by atoms with Crippen LogP contribution in [0.3, 0.4) is 0 Å². The lowest BCUT2D eigenvalue weighted by Gasteiger charge is -2.18. The van der Waals surface area contributed by atoms with Gasteiger partial charge in [0.25, 0.3) is 5.91 Å². The monoisotopic (exact) mass is 338 g/mol. The van der Waals surface area contributed by atoms with Crippen molar-refractivity contribution in [1.82, 2.24) is 10.3 Å². The zero-order chi connectivity index (χ0) is 18.0. The third-order valence-corrected chi connectivity index (χ3v) is 4.39. The molecule has 1 aliphatic carbocycles. The summed E-state index contributed by atoms with van der Waals surface area (Å²) in [6.07, 6.45) is 4.36. The number of carbonyl (C=O) groups is 2. The van der Waals surface area contributed by atoms with E-state index in [-0.39, 0.29) is 23.0 Å². The summed E-state index contributed by atoms with van der Waals surface area (Å²) in [6.45, 7) is 1.96. The maximum absolute atomic E-state index is 12.6. The van der Waals surface area contributed by atoms with Crippen molar-refractivity contribution in [1.29, 1.82) is 0 Å². The molecule has 3 N–H and O–H groups in total. The van der Waals surface area contributed by atoms with Crippen molar-refractivity contribution in [2.45, 2.75) is 25.8 Å². The fraction of sp³-hybridized carbons (Fsp3) is 0.278. The van der Waals surface area contributed by atoms with E-state index in [9.17, 15) is 19.6 Å². The highest BCUT2D eigenvalue weighted by atomic mass is 16.4. The van der Waals surface area contributed by atoms with Gasteiger partial charge >= 0.3 is 7.12 Å². The van der Waals surface area contributed by atoms with Gasteiger partial charge in [-0.3, -0.25) is 14.6 Å². The van der Waals surface area contributed by atoms with Crippen LogP contribution in [0.5, 0.6) is 0 Å². The standard InChI is InChI=1S/C18H19BN2O4/c1-11-2-7-16(20-9-11)17(12-3-4-12)21-18(23)13-5-6-15(19(24)25)14(8-13)10-22/h2,5-10,12,17,24-25H,3-4H2,1H3,(H,21,23). The van der Waals surface area contributed by atoms with E-state index in [1.54, 1.807) is 6.20 Å². The van der Waals surface area contributed by atoms with Gasteiger partial charge in [-0.2, -0.15) is 0 Å². The smallest absolute Gasteiger partial charge is 0.423 e. The summed E-state index contributed by atoms with van der Waals surface area (Å²) in [7, 11) is -1.76. The van der Waals surface area contributed by atoms with Gasteiger partial charge in [0, 0.05) is 17.3 Å². The second kappa shape index (κ2) is 7.17. The molecule has 0 radical (unpaired) electrons. The number of amides is 1. The minimum atomic E-state index is -1.76.